The monoisotopic (exact) mass is 351 g/mol. The van der Waals surface area contributed by atoms with Crippen LogP contribution in [0.4, 0.5) is 0 Å². The Bertz CT molecular complexity index is 723. The number of aromatic nitrogens is 1. The maximum absolute atomic E-state index is 6.10. The van der Waals surface area contributed by atoms with Gasteiger partial charge in [-0.05, 0) is 41.8 Å². The molecule has 0 radical (unpaired) electrons. The molecule has 0 spiro atoms. The van der Waals surface area contributed by atoms with Crippen LogP contribution in [0, 0.1) is 0 Å². The summed E-state index contributed by atoms with van der Waals surface area (Å²) in [4.78, 5) is 4.49. The lowest BCUT2D eigenvalue weighted by Crippen LogP contribution is -1.88. The van der Waals surface area contributed by atoms with E-state index in [0.717, 1.165) is 33.4 Å². The lowest BCUT2D eigenvalue weighted by Gasteiger charge is -2.07. The summed E-state index contributed by atoms with van der Waals surface area (Å²) in [5.74, 6) is 0. The van der Waals surface area contributed by atoms with Crippen molar-refractivity contribution in [1.82, 2.24) is 4.98 Å². The van der Waals surface area contributed by atoms with Crippen molar-refractivity contribution < 1.29 is 0 Å². The van der Waals surface area contributed by atoms with E-state index in [1.165, 1.54) is 10.3 Å². The van der Waals surface area contributed by atoms with Gasteiger partial charge in [0.2, 0.25) is 0 Å². The minimum absolute atomic E-state index is 0.756. The molecule has 0 N–H and O–H groups in total. The van der Waals surface area contributed by atoms with E-state index >= 15 is 0 Å². The first-order valence-electron chi connectivity index (χ1n) is 5.96. The summed E-state index contributed by atoms with van der Waals surface area (Å²) in [6.45, 7) is 0. The second kappa shape index (κ2) is 5.61. The van der Waals surface area contributed by atoms with E-state index in [2.05, 4.69) is 39.1 Å². The molecule has 0 aliphatic carbocycles. The summed E-state index contributed by atoms with van der Waals surface area (Å²) < 4.78 is 1.23. The third kappa shape index (κ3) is 2.69. The minimum atomic E-state index is 0.756. The summed E-state index contributed by atoms with van der Waals surface area (Å²) in [6.07, 6.45) is 1.02. The first kappa shape index (κ1) is 13.1. The molecule has 0 atom stereocenters. The molecule has 1 aromatic heterocycles. The fourth-order valence-electron chi connectivity index (χ4n) is 2.15. The Kier molecular flexibility index (Phi) is 3.87. The number of aryl methyl sites for hydroxylation is 1. The Hall–Kier alpha value is -0.900. The van der Waals surface area contributed by atoms with E-state index < -0.39 is 0 Å². The van der Waals surface area contributed by atoms with E-state index in [1.54, 1.807) is 11.3 Å². The highest BCUT2D eigenvalue weighted by molar-refractivity contribution is 9.09. The van der Waals surface area contributed by atoms with Gasteiger partial charge in [0.25, 0.3) is 0 Å². The van der Waals surface area contributed by atoms with Gasteiger partial charge in [0.05, 0.1) is 15.7 Å². The van der Waals surface area contributed by atoms with E-state index in [4.69, 9.17) is 11.6 Å². The molecule has 0 aliphatic rings. The highest BCUT2D eigenvalue weighted by atomic mass is 79.9. The number of thiazole rings is 1. The molecule has 0 fully saturated rings. The van der Waals surface area contributed by atoms with Crippen LogP contribution >= 0.6 is 38.9 Å². The summed E-state index contributed by atoms with van der Waals surface area (Å²) in [7, 11) is 0. The lowest BCUT2D eigenvalue weighted by atomic mass is 10.0. The van der Waals surface area contributed by atoms with Crippen LogP contribution in [-0.4, -0.2) is 10.3 Å². The Morgan fingerprint density at radius 1 is 1.21 bits per heavy atom. The van der Waals surface area contributed by atoms with Crippen molar-refractivity contribution in [3.8, 4) is 11.1 Å². The Labute approximate surface area is 129 Å². The van der Waals surface area contributed by atoms with Crippen molar-refractivity contribution in [2.45, 2.75) is 6.42 Å². The summed E-state index contributed by atoms with van der Waals surface area (Å²) in [5, 5.41) is 1.72. The van der Waals surface area contributed by atoms with Gasteiger partial charge in [-0.3, -0.25) is 0 Å². The lowest BCUT2D eigenvalue weighted by molar-refractivity contribution is 1.18. The fraction of sp³-hybridized carbons (Fsp3) is 0.133. The van der Waals surface area contributed by atoms with Crippen LogP contribution in [0.15, 0.2) is 41.9 Å². The zero-order valence-electron chi connectivity index (χ0n) is 10.1. The van der Waals surface area contributed by atoms with Gasteiger partial charge in [-0.15, -0.1) is 11.3 Å². The van der Waals surface area contributed by atoms with Crippen LogP contribution in [-0.2, 0) is 6.42 Å². The van der Waals surface area contributed by atoms with Crippen molar-refractivity contribution in [3.63, 3.8) is 0 Å². The van der Waals surface area contributed by atoms with Crippen LogP contribution < -0.4 is 0 Å². The topological polar surface area (TPSA) is 12.9 Å². The van der Waals surface area contributed by atoms with E-state index in [-0.39, 0.29) is 0 Å². The molecule has 4 heteroatoms. The molecule has 0 saturated heterocycles. The molecule has 96 valence electrons. The maximum Gasteiger partial charge on any atom is 0.0890 e. The van der Waals surface area contributed by atoms with Gasteiger partial charge < -0.3 is 0 Å². The molecule has 3 rings (SSSR count). The minimum Gasteiger partial charge on any atom is -0.244 e. The van der Waals surface area contributed by atoms with E-state index in [1.807, 2.05) is 23.7 Å². The van der Waals surface area contributed by atoms with Gasteiger partial charge in [-0.1, -0.05) is 39.7 Å². The zero-order valence-corrected chi connectivity index (χ0v) is 13.2. The Balaban J connectivity index is 2.23. The first-order valence-corrected chi connectivity index (χ1v) is 8.34. The molecule has 0 unspecified atom stereocenters. The summed E-state index contributed by atoms with van der Waals surface area (Å²) in [5.41, 5.74) is 6.57. The average molecular weight is 353 g/mol. The molecule has 3 aromatic rings. The van der Waals surface area contributed by atoms with Crippen molar-refractivity contribution in [3.05, 3.63) is 52.5 Å². The van der Waals surface area contributed by atoms with Crippen LogP contribution in [0.2, 0.25) is 5.02 Å². The van der Waals surface area contributed by atoms with Gasteiger partial charge >= 0.3 is 0 Å². The first-order chi connectivity index (χ1) is 9.28. The van der Waals surface area contributed by atoms with Gasteiger partial charge in [0.15, 0.2) is 0 Å². The molecule has 0 amide bonds. The van der Waals surface area contributed by atoms with Crippen LogP contribution in [0.25, 0.3) is 21.3 Å². The number of benzene rings is 2. The fourth-order valence-corrected chi connectivity index (χ4v) is 3.57. The van der Waals surface area contributed by atoms with Crippen molar-refractivity contribution >= 4 is 49.1 Å². The number of nitrogens with zero attached hydrogens (tertiary/aromatic N) is 1. The van der Waals surface area contributed by atoms with Crippen LogP contribution in [0.1, 0.15) is 5.56 Å². The smallest absolute Gasteiger partial charge is 0.0890 e. The van der Waals surface area contributed by atoms with Gasteiger partial charge in [-0.25, -0.2) is 4.98 Å². The van der Waals surface area contributed by atoms with Crippen LogP contribution in [0.3, 0.4) is 0 Å². The molecule has 1 heterocycles. The molecule has 1 nitrogen and oxygen atoms in total. The van der Waals surface area contributed by atoms with Gasteiger partial charge in [0.1, 0.15) is 0 Å². The van der Waals surface area contributed by atoms with Gasteiger partial charge in [0, 0.05) is 15.9 Å². The number of rotatable bonds is 3. The predicted molar refractivity (Wildman–Crippen MR) is 87.6 cm³/mol. The largest absolute Gasteiger partial charge is 0.244 e. The second-order valence-corrected chi connectivity index (χ2v) is 6.41. The van der Waals surface area contributed by atoms with Crippen molar-refractivity contribution in [2.24, 2.45) is 0 Å². The third-order valence-corrected chi connectivity index (χ3v) is 4.42. The van der Waals surface area contributed by atoms with Crippen molar-refractivity contribution in [1.29, 1.82) is 0 Å². The molecular weight excluding hydrogens is 342 g/mol. The highest BCUT2D eigenvalue weighted by Crippen LogP contribution is 2.32. The quantitative estimate of drug-likeness (QED) is 0.563. The van der Waals surface area contributed by atoms with E-state index in [9.17, 15) is 0 Å². The normalized spacial score (nSPS) is 11.1. The number of hydrogen-bond donors (Lipinski definition) is 0. The summed E-state index contributed by atoms with van der Waals surface area (Å²) in [6, 6.07) is 12.4. The molecule has 19 heavy (non-hydrogen) atoms. The zero-order chi connectivity index (χ0) is 13.2. The number of alkyl halides is 1. The molecule has 0 aliphatic heterocycles. The standard InChI is InChI=1S/C15H11BrClNS/c16-5-4-10-6-13(11-2-1-3-12(17)8-11)15-14(7-10)19-9-18-15/h1-3,6-9H,4-5H2. The Morgan fingerprint density at radius 3 is 2.89 bits per heavy atom. The SMILES string of the molecule is Clc1cccc(-c2cc(CCBr)cc3scnc23)c1. The number of hydrogen-bond acceptors (Lipinski definition) is 2. The average Bonchev–Trinajstić information content (AvgIpc) is 2.86. The number of fused-ring (bicyclic) bond motifs is 1. The molecule has 2 aromatic carbocycles. The number of halogens is 2. The van der Waals surface area contributed by atoms with Crippen LogP contribution in [0.5, 0.6) is 0 Å². The van der Waals surface area contributed by atoms with E-state index in [0.29, 0.717) is 0 Å². The highest BCUT2D eigenvalue weighted by Gasteiger charge is 2.09. The molecule has 0 bridgehead atoms. The Morgan fingerprint density at radius 2 is 2.11 bits per heavy atom. The predicted octanol–water partition coefficient (Wildman–Crippen LogP) is 5.55. The summed E-state index contributed by atoms with van der Waals surface area (Å²) >= 11 is 11.3. The third-order valence-electron chi connectivity index (χ3n) is 3.01. The molecular formula is C15H11BrClNS. The van der Waals surface area contributed by atoms with Gasteiger partial charge in [-0.2, -0.15) is 0 Å². The van der Waals surface area contributed by atoms with Crippen molar-refractivity contribution in [2.75, 3.05) is 5.33 Å². The molecule has 0 saturated carbocycles. The maximum atomic E-state index is 6.10. The second-order valence-electron chi connectivity index (χ2n) is 4.29.